The van der Waals surface area contributed by atoms with E-state index in [1.54, 1.807) is 18.7 Å². The molecule has 1 unspecified atom stereocenters. The van der Waals surface area contributed by atoms with Crippen molar-refractivity contribution in [2.45, 2.75) is 36.5 Å². The monoisotopic (exact) mass is 382 g/mol. The number of nitrogens with one attached hydrogen (secondary N) is 1. The molecule has 0 radical (unpaired) electrons. The highest BCUT2D eigenvalue weighted by atomic mass is 35.5. The zero-order valence-electron chi connectivity index (χ0n) is 14.4. The zero-order chi connectivity index (χ0) is 16.9. The van der Waals surface area contributed by atoms with Crippen molar-refractivity contribution in [2.75, 3.05) is 20.1 Å². The van der Waals surface area contributed by atoms with Gasteiger partial charge in [-0.3, -0.25) is 4.79 Å². The van der Waals surface area contributed by atoms with Crippen molar-refractivity contribution in [1.82, 2.24) is 20.4 Å². The summed E-state index contributed by atoms with van der Waals surface area (Å²) >= 11 is 1.55. The lowest BCUT2D eigenvalue weighted by atomic mass is 10.0. The number of aromatic nitrogens is 2. The Morgan fingerprint density at radius 3 is 2.96 bits per heavy atom. The van der Waals surface area contributed by atoms with E-state index in [0.717, 1.165) is 36.4 Å². The van der Waals surface area contributed by atoms with Gasteiger partial charge in [-0.15, -0.1) is 24.2 Å². The number of likely N-dealkylation sites (N-methyl/N-ethyl adjacent to an activating group) is 1. The quantitative estimate of drug-likeness (QED) is 0.801. The molecular weight excluding hydrogens is 360 g/mol. The number of thioether (sulfide) groups is 1. The van der Waals surface area contributed by atoms with Crippen LogP contribution < -0.4 is 5.32 Å². The van der Waals surface area contributed by atoms with Crippen molar-refractivity contribution in [2.24, 2.45) is 0 Å². The highest BCUT2D eigenvalue weighted by molar-refractivity contribution is 7.98. The standard InChI is InChI=1S/C17H22N4O2S.ClH/c1-12-19-16(23-20-12)11-24-15-8-4-3-7-14(15)17(22)21-9-5-6-13(10-21)18-2;/h3-4,7-8,13,18H,5-6,9-11H2,1-2H3;1H. The average Bonchev–Trinajstić information content (AvgIpc) is 3.05. The molecule has 1 saturated heterocycles. The summed E-state index contributed by atoms with van der Waals surface area (Å²) in [5, 5.41) is 7.07. The van der Waals surface area contributed by atoms with Crippen LogP contribution in [-0.2, 0) is 5.75 Å². The van der Waals surface area contributed by atoms with Gasteiger partial charge in [-0.2, -0.15) is 4.98 Å². The SMILES string of the molecule is CNC1CCCN(C(=O)c2ccccc2SCc2nc(C)no2)C1.Cl. The molecule has 3 rings (SSSR count). The van der Waals surface area contributed by atoms with Crippen LogP contribution in [0.2, 0.25) is 0 Å². The Kier molecular flexibility index (Phi) is 7.28. The molecule has 2 aromatic rings. The van der Waals surface area contributed by atoms with Gasteiger partial charge in [-0.05, 0) is 38.9 Å². The Balaban J connectivity index is 0.00000225. The lowest BCUT2D eigenvalue weighted by Gasteiger charge is -2.33. The van der Waals surface area contributed by atoms with Gasteiger partial charge in [0.1, 0.15) is 0 Å². The zero-order valence-corrected chi connectivity index (χ0v) is 16.0. The first-order valence-electron chi connectivity index (χ1n) is 8.15. The van der Waals surface area contributed by atoms with Gasteiger partial charge in [0.2, 0.25) is 5.89 Å². The van der Waals surface area contributed by atoms with Crippen LogP contribution in [0.25, 0.3) is 0 Å². The molecular formula is C17H23ClN4O2S. The minimum atomic E-state index is 0. The van der Waals surface area contributed by atoms with E-state index in [9.17, 15) is 4.79 Å². The number of nitrogens with zero attached hydrogens (tertiary/aromatic N) is 3. The van der Waals surface area contributed by atoms with Gasteiger partial charge in [-0.1, -0.05) is 17.3 Å². The third-order valence-electron chi connectivity index (χ3n) is 4.16. The number of carbonyl (C=O) groups excluding carboxylic acids is 1. The van der Waals surface area contributed by atoms with E-state index in [-0.39, 0.29) is 18.3 Å². The summed E-state index contributed by atoms with van der Waals surface area (Å²) in [5.41, 5.74) is 0.746. The molecule has 0 spiro atoms. The number of rotatable bonds is 5. The summed E-state index contributed by atoms with van der Waals surface area (Å²) in [6.45, 7) is 3.37. The molecule has 6 nitrogen and oxygen atoms in total. The number of amides is 1. The average molecular weight is 383 g/mol. The molecule has 1 aliphatic rings. The van der Waals surface area contributed by atoms with Crippen LogP contribution in [0.1, 0.15) is 34.9 Å². The summed E-state index contributed by atoms with van der Waals surface area (Å²) in [7, 11) is 1.95. The van der Waals surface area contributed by atoms with Crippen LogP contribution in [0.3, 0.4) is 0 Å². The molecule has 1 aromatic heterocycles. The maximum atomic E-state index is 12.9. The molecule has 1 aliphatic heterocycles. The number of hydrogen-bond acceptors (Lipinski definition) is 6. The molecule has 0 bridgehead atoms. The normalized spacial score (nSPS) is 17.2. The maximum Gasteiger partial charge on any atom is 0.255 e. The predicted octanol–water partition coefficient (Wildman–Crippen LogP) is 2.92. The predicted molar refractivity (Wildman–Crippen MR) is 100 cm³/mol. The largest absolute Gasteiger partial charge is 0.338 e. The van der Waals surface area contributed by atoms with Crippen LogP contribution in [-0.4, -0.2) is 47.1 Å². The Labute approximate surface area is 158 Å². The highest BCUT2D eigenvalue weighted by Gasteiger charge is 2.25. The fourth-order valence-electron chi connectivity index (χ4n) is 2.87. The third-order valence-corrected chi connectivity index (χ3v) is 5.21. The van der Waals surface area contributed by atoms with E-state index in [2.05, 4.69) is 15.5 Å². The second-order valence-corrected chi connectivity index (χ2v) is 6.92. The Morgan fingerprint density at radius 2 is 2.24 bits per heavy atom. The number of benzene rings is 1. The van der Waals surface area contributed by atoms with E-state index in [4.69, 9.17) is 4.52 Å². The fourth-order valence-corrected chi connectivity index (χ4v) is 3.76. The van der Waals surface area contributed by atoms with Crippen LogP contribution in [0.4, 0.5) is 0 Å². The summed E-state index contributed by atoms with van der Waals surface area (Å²) in [5.74, 6) is 1.86. The molecule has 25 heavy (non-hydrogen) atoms. The van der Waals surface area contributed by atoms with E-state index < -0.39 is 0 Å². The van der Waals surface area contributed by atoms with E-state index in [1.165, 1.54) is 0 Å². The van der Waals surface area contributed by atoms with E-state index in [1.807, 2.05) is 36.2 Å². The number of likely N-dealkylation sites (tertiary alicyclic amines) is 1. The Bertz CT molecular complexity index is 709. The van der Waals surface area contributed by atoms with Crippen molar-refractivity contribution in [3.8, 4) is 0 Å². The van der Waals surface area contributed by atoms with Crippen molar-refractivity contribution in [3.63, 3.8) is 0 Å². The summed E-state index contributed by atoms with van der Waals surface area (Å²) in [6.07, 6.45) is 2.15. The van der Waals surface area contributed by atoms with Gasteiger partial charge >= 0.3 is 0 Å². The number of hydrogen-bond donors (Lipinski definition) is 1. The summed E-state index contributed by atoms with van der Waals surface area (Å²) in [4.78, 5) is 20.0. The van der Waals surface area contributed by atoms with Crippen LogP contribution >= 0.6 is 24.2 Å². The van der Waals surface area contributed by atoms with Gasteiger partial charge in [-0.25, -0.2) is 0 Å². The molecule has 1 N–H and O–H groups in total. The molecule has 8 heteroatoms. The second kappa shape index (κ2) is 9.22. The lowest BCUT2D eigenvalue weighted by molar-refractivity contribution is 0.0694. The summed E-state index contributed by atoms with van der Waals surface area (Å²) < 4.78 is 5.15. The number of carbonyl (C=O) groups is 1. The summed E-state index contributed by atoms with van der Waals surface area (Å²) in [6, 6.07) is 8.11. The molecule has 1 fully saturated rings. The molecule has 2 heterocycles. The van der Waals surface area contributed by atoms with Crippen molar-refractivity contribution in [1.29, 1.82) is 0 Å². The molecule has 1 amide bonds. The van der Waals surface area contributed by atoms with Gasteiger partial charge in [0.15, 0.2) is 5.82 Å². The molecule has 1 atom stereocenters. The number of halogens is 1. The minimum absolute atomic E-state index is 0. The first kappa shape index (κ1) is 19.8. The van der Waals surface area contributed by atoms with Crippen LogP contribution in [0.15, 0.2) is 33.7 Å². The second-order valence-electron chi connectivity index (χ2n) is 5.90. The molecule has 1 aromatic carbocycles. The van der Waals surface area contributed by atoms with Crippen LogP contribution in [0, 0.1) is 6.92 Å². The van der Waals surface area contributed by atoms with Gasteiger partial charge in [0.25, 0.3) is 5.91 Å². The first-order chi connectivity index (χ1) is 11.7. The first-order valence-corrected chi connectivity index (χ1v) is 9.13. The van der Waals surface area contributed by atoms with Crippen molar-refractivity contribution in [3.05, 3.63) is 41.5 Å². The smallest absolute Gasteiger partial charge is 0.255 e. The van der Waals surface area contributed by atoms with Crippen LogP contribution in [0.5, 0.6) is 0 Å². The molecule has 0 saturated carbocycles. The lowest BCUT2D eigenvalue weighted by Crippen LogP contribution is -2.47. The number of aryl methyl sites for hydroxylation is 1. The van der Waals surface area contributed by atoms with Crippen molar-refractivity contribution < 1.29 is 9.32 Å². The van der Waals surface area contributed by atoms with E-state index in [0.29, 0.717) is 23.5 Å². The van der Waals surface area contributed by atoms with Gasteiger partial charge < -0.3 is 14.7 Å². The van der Waals surface area contributed by atoms with Gasteiger partial charge in [0.05, 0.1) is 11.3 Å². The Morgan fingerprint density at radius 1 is 1.44 bits per heavy atom. The van der Waals surface area contributed by atoms with Gasteiger partial charge in [0, 0.05) is 24.0 Å². The highest BCUT2D eigenvalue weighted by Crippen LogP contribution is 2.27. The third kappa shape index (κ3) is 4.96. The topological polar surface area (TPSA) is 71.3 Å². The maximum absolute atomic E-state index is 12.9. The Hall–Kier alpha value is -1.57. The molecule has 0 aliphatic carbocycles. The molecule has 136 valence electrons. The van der Waals surface area contributed by atoms with E-state index >= 15 is 0 Å². The minimum Gasteiger partial charge on any atom is -0.338 e. The number of piperidine rings is 1. The fraction of sp³-hybridized carbons (Fsp3) is 0.471. The van der Waals surface area contributed by atoms with Crippen molar-refractivity contribution >= 4 is 30.1 Å².